The third-order valence-electron chi connectivity index (χ3n) is 1.13. The van der Waals surface area contributed by atoms with Crippen molar-refractivity contribution in [3.8, 4) is 0 Å². The van der Waals surface area contributed by atoms with Gasteiger partial charge in [0.25, 0.3) is 0 Å². The summed E-state index contributed by atoms with van der Waals surface area (Å²) in [5.41, 5.74) is 0. The highest BCUT2D eigenvalue weighted by atomic mass is 32.2. The summed E-state index contributed by atoms with van der Waals surface area (Å²) in [5, 5.41) is 0. The molecule has 2 unspecified atom stereocenters. The van der Waals surface area contributed by atoms with E-state index in [0.717, 1.165) is 0 Å². The monoisotopic (exact) mass is 206 g/mol. The van der Waals surface area contributed by atoms with Gasteiger partial charge in [-0.3, -0.25) is 8.74 Å². The van der Waals surface area contributed by atoms with Gasteiger partial charge in [-0.25, -0.2) is 0 Å². The van der Waals surface area contributed by atoms with Gasteiger partial charge in [0.2, 0.25) is 0 Å². The van der Waals surface area contributed by atoms with E-state index in [9.17, 15) is 17.4 Å². The van der Waals surface area contributed by atoms with Gasteiger partial charge in [0, 0.05) is 0 Å². The van der Waals surface area contributed by atoms with Gasteiger partial charge in [-0.1, -0.05) is 6.92 Å². The van der Waals surface area contributed by atoms with Gasteiger partial charge >= 0.3 is 17.5 Å². The van der Waals surface area contributed by atoms with Crippen LogP contribution < -0.4 is 0 Å². The van der Waals surface area contributed by atoms with Crippen molar-refractivity contribution in [1.29, 1.82) is 0 Å². The van der Waals surface area contributed by atoms with Crippen LogP contribution in [0.25, 0.3) is 0 Å². The summed E-state index contributed by atoms with van der Waals surface area (Å²) in [7, 11) is 0. The van der Waals surface area contributed by atoms with E-state index >= 15 is 0 Å². The molecule has 1 N–H and O–H groups in total. The van der Waals surface area contributed by atoms with E-state index in [1.54, 1.807) is 0 Å². The van der Waals surface area contributed by atoms with Crippen molar-refractivity contribution < 1.29 is 26.1 Å². The fraction of sp³-hybridized carbons (Fsp3) is 1.00. The Morgan fingerprint density at radius 1 is 1.58 bits per heavy atom. The van der Waals surface area contributed by atoms with Crippen LogP contribution in [0.4, 0.5) is 13.2 Å². The predicted molar refractivity (Wildman–Crippen MR) is 36.6 cm³/mol. The first-order chi connectivity index (χ1) is 5.35. The van der Waals surface area contributed by atoms with Crippen LogP contribution >= 0.6 is 0 Å². The zero-order chi connectivity index (χ0) is 9.78. The third-order valence-corrected chi connectivity index (χ3v) is 1.57. The highest BCUT2D eigenvalue weighted by Crippen LogP contribution is 2.24. The second-order valence-corrected chi connectivity index (χ2v) is 2.79. The molecule has 0 aromatic heterocycles. The molecule has 0 aliphatic heterocycles. The standard InChI is InChI=1S/C5H9F3O3S/c1-2-4(11-12(9)10)3-5(6,7)8/h4H,2-3H2,1H3,(H,9,10). The first-order valence-corrected chi connectivity index (χ1v) is 4.23. The third kappa shape index (κ3) is 6.56. The summed E-state index contributed by atoms with van der Waals surface area (Å²) in [6.07, 6.45) is -6.75. The van der Waals surface area contributed by atoms with E-state index in [0.29, 0.717) is 0 Å². The van der Waals surface area contributed by atoms with E-state index in [-0.39, 0.29) is 6.42 Å². The topological polar surface area (TPSA) is 46.5 Å². The molecule has 0 aliphatic carbocycles. The Morgan fingerprint density at radius 2 is 2.08 bits per heavy atom. The van der Waals surface area contributed by atoms with Gasteiger partial charge in [-0.05, 0) is 6.42 Å². The van der Waals surface area contributed by atoms with Crippen LogP contribution in [0.3, 0.4) is 0 Å². The summed E-state index contributed by atoms with van der Waals surface area (Å²) in [4.78, 5) is 0. The molecular weight excluding hydrogens is 197 g/mol. The van der Waals surface area contributed by atoms with Crippen molar-refractivity contribution in [1.82, 2.24) is 0 Å². The van der Waals surface area contributed by atoms with Crippen molar-refractivity contribution in [2.24, 2.45) is 0 Å². The van der Waals surface area contributed by atoms with E-state index < -0.39 is 30.1 Å². The first-order valence-electron chi connectivity index (χ1n) is 3.20. The number of hydrogen-bond acceptors (Lipinski definition) is 2. The Bertz CT molecular complexity index is 159. The lowest BCUT2D eigenvalue weighted by Crippen LogP contribution is -2.22. The van der Waals surface area contributed by atoms with Crippen molar-refractivity contribution in [2.45, 2.75) is 32.0 Å². The predicted octanol–water partition coefficient (Wildman–Crippen LogP) is 1.87. The van der Waals surface area contributed by atoms with Crippen molar-refractivity contribution in [3.05, 3.63) is 0 Å². The summed E-state index contributed by atoms with van der Waals surface area (Å²) in [6.45, 7) is 1.45. The molecule has 0 heterocycles. The van der Waals surface area contributed by atoms with Gasteiger partial charge < -0.3 is 0 Å². The molecule has 0 bridgehead atoms. The zero-order valence-electron chi connectivity index (χ0n) is 6.30. The fourth-order valence-electron chi connectivity index (χ4n) is 0.621. The van der Waals surface area contributed by atoms with Crippen LogP contribution in [-0.4, -0.2) is 21.0 Å². The minimum atomic E-state index is -4.36. The molecule has 3 nitrogen and oxygen atoms in total. The maximum Gasteiger partial charge on any atom is 0.391 e. The van der Waals surface area contributed by atoms with Crippen LogP contribution in [-0.2, 0) is 15.5 Å². The minimum absolute atomic E-state index is 0.0474. The molecule has 0 saturated carbocycles. The summed E-state index contributed by atoms with van der Waals surface area (Å²) >= 11 is -2.63. The average molecular weight is 206 g/mol. The Morgan fingerprint density at radius 3 is 2.33 bits per heavy atom. The fourth-order valence-corrected chi connectivity index (χ4v) is 1.06. The first kappa shape index (κ1) is 11.9. The van der Waals surface area contributed by atoms with Crippen LogP contribution in [0, 0.1) is 0 Å². The Balaban J connectivity index is 3.92. The second-order valence-electron chi connectivity index (χ2n) is 2.16. The molecule has 12 heavy (non-hydrogen) atoms. The Labute approximate surface area is 70.4 Å². The maximum absolute atomic E-state index is 11.7. The molecule has 0 rings (SSSR count). The number of alkyl halides is 3. The lowest BCUT2D eigenvalue weighted by molar-refractivity contribution is -0.150. The van der Waals surface area contributed by atoms with E-state index in [1.807, 2.05) is 0 Å². The minimum Gasteiger partial charge on any atom is -0.284 e. The number of hydrogen-bond donors (Lipinski definition) is 1. The van der Waals surface area contributed by atoms with Gasteiger partial charge in [-0.15, -0.1) is 0 Å². The van der Waals surface area contributed by atoms with E-state index in [4.69, 9.17) is 4.55 Å². The highest BCUT2D eigenvalue weighted by Gasteiger charge is 2.32. The summed E-state index contributed by atoms with van der Waals surface area (Å²) in [5.74, 6) is 0. The van der Waals surface area contributed by atoms with E-state index in [2.05, 4.69) is 4.18 Å². The van der Waals surface area contributed by atoms with E-state index in [1.165, 1.54) is 6.92 Å². The highest BCUT2D eigenvalue weighted by molar-refractivity contribution is 7.74. The molecule has 0 amide bonds. The van der Waals surface area contributed by atoms with Crippen molar-refractivity contribution in [3.63, 3.8) is 0 Å². The Hall–Kier alpha value is -0.140. The van der Waals surface area contributed by atoms with Crippen LogP contribution in [0.1, 0.15) is 19.8 Å². The van der Waals surface area contributed by atoms with Crippen molar-refractivity contribution >= 4 is 11.4 Å². The molecule has 0 radical (unpaired) electrons. The molecule has 0 aromatic carbocycles. The van der Waals surface area contributed by atoms with Gasteiger partial charge in [0.15, 0.2) is 0 Å². The molecule has 7 heteroatoms. The smallest absolute Gasteiger partial charge is 0.284 e. The molecule has 0 aliphatic rings. The van der Waals surface area contributed by atoms with Gasteiger partial charge in [0.1, 0.15) is 0 Å². The summed E-state index contributed by atoms with van der Waals surface area (Å²) in [6, 6.07) is 0. The number of halogens is 3. The second kappa shape index (κ2) is 4.78. The van der Waals surface area contributed by atoms with Crippen LogP contribution in [0.2, 0.25) is 0 Å². The molecule has 0 spiro atoms. The molecular formula is C5H9F3O3S. The molecule has 2 atom stereocenters. The maximum atomic E-state index is 11.7. The number of rotatable bonds is 4. The molecule has 0 saturated heterocycles. The SMILES string of the molecule is CCC(CC(F)(F)F)OS(=O)O. The van der Waals surface area contributed by atoms with Crippen LogP contribution in [0.15, 0.2) is 0 Å². The van der Waals surface area contributed by atoms with Crippen molar-refractivity contribution in [2.75, 3.05) is 0 Å². The largest absolute Gasteiger partial charge is 0.391 e. The zero-order valence-corrected chi connectivity index (χ0v) is 7.11. The van der Waals surface area contributed by atoms with Crippen LogP contribution in [0.5, 0.6) is 0 Å². The lowest BCUT2D eigenvalue weighted by Gasteiger charge is -2.14. The lowest BCUT2D eigenvalue weighted by atomic mass is 10.2. The molecule has 0 fully saturated rings. The Kier molecular flexibility index (Phi) is 4.73. The normalized spacial score (nSPS) is 17.4. The van der Waals surface area contributed by atoms with Gasteiger partial charge in [0.05, 0.1) is 12.5 Å². The van der Waals surface area contributed by atoms with Gasteiger partial charge in [-0.2, -0.15) is 17.4 Å². The summed E-state index contributed by atoms with van der Waals surface area (Å²) < 4.78 is 57.2. The quantitative estimate of drug-likeness (QED) is 0.714. The molecule has 74 valence electrons. The average Bonchev–Trinajstić information content (AvgIpc) is 1.82. The molecule has 0 aromatic rings.